The number of hydrogen-bond acceptors (Lipinski definition) is 5. The van der Waals surface area contributed by atoms with Crippen LogP contribution < -0.4 is 4.74 Å². The second-order valence-corrected chi connectivity index (χ2v) is 9.49. The summed E-state index contributed by atoms with van der Waals surface area (Å²) in [7, 11) is 0. The molecule has 0 unspecified atom stereocenters. The largest absolute Gasteiger partial charge is 0.491 e. The number of benzene rings is 1. The third-order valence-corrected chi connectivity index (χ3v) is 6.37. The fourth-order valence-corrected chi connectivity index (χ4v) is 4.27. The fourth-order valence-electron chi connectivity index (χ4n) is 4.08. The van der Waals surface area contributed by atoms with E-state index in [2.05, 4.69) is 37.7 Å². The van der Waals surface area contributed by atoms with Crippen molar-refractivity contribution in [2.45, 2.75) is 39.7 Å². The summed E-state index contributed by atoms with van der Waals surface area (Å²) >= 11 is 6.16. The molecule has 0 aliphatic carbocycles. The zero-order chi connectivity index (χ0) is 23.5. The van der Waals surface area contributed by atoms with Gasteiger partial charge in [-0.05, 0) is 38.0 Å². The highest BCUT2D eigenvalue weighted by Gasteiger charge is 2.26. The van der Waals surface area contributed by atoms with Gasteiger partial charge in [-0.1, -0.05) is 37.6 Å². The first kappa shape index (κ1) is 23.5. The predicted octanol–water partition coefficient (Wildman–Crippen LogP) is 4.63. The van der Waals surface area contributed by atoms with Crippen molar-refractivity contribution in [1.29, 1.82) is 0 Å². The number of nitrogens with zero attached hydrogens (tertiary/aromatic N) is 5. The highest BCUT2D eigenvalue weighted by Crippen LogP contribution is 2.26. The molecule has 0 spiro atoms. The predicted molar refractivity (Wildman–Crippen MR) is 131 cm³/mol. The topological polar surface area (TPSA) is 63.5 Å². The summed E-state index contributed by atoms with van der Waals surface area (Å²) < 4.78 is 7.72. The fraction of sp³-hybridized carbons (Fsp3) is 0.480. The van der Waals surface area contributed by atoms with Gasteiger partial charge >= 0.3 is 0 Å². The van der Waals surface area contributed by atoms with Gasteiger partial charge in [-0.25, -0.2) is 9.67 Å². The summed E-state index contributed by atoms with van der Waals surface area (Å²) in [6.45, 7) is 12.7. The Morgan fingerprint density at radius 3 is 2.52 bits per heavy atom. The highest BCUT2D eigenvalue weighted by atomic mass is 35.5. The number of rotatable bonds is 7. The molecule has 3 heterocycles. The molecule has 1 amide bonds. The molecule has 7 nitrogen and oxygen atoms in total. The Morgan fingerprint density at radius 1 is 1.12 bits per heavy atom. The summed E-state index contributed by atoms with van der Waals surface area (Å²) in [5.41, 5.74) is 2.41. The summed E-state index contributed by atoms with van der Waals surface area (Å²) in [6, 6.07) is 9.63. The number of hydrogen-bond donors (Lipinski definition) is 0. The van der Waals surface area contributed by atoms with Crippen molar-refractivity contribution in [3.63, 3.8) is 0 Å². The maximum Gasteiger partial charge on any atom is 0.254 e. The van der Waals surface area contributed by atoms with E-state index in [0.29, 0.717) is 36.0 Å². The molecule has 1 saturated heterocycles. The van der Waals surface area contributed by atoms with E-state index < -0.39 is 0 Å². The van der Waals surface area contributed by atoms with Crippen molar-refractivity contribution in [3.8, 4) is 5.75 Å². The molecule has 1 fully saturated rings. The molecule has 0 saturated carbocycles. The van der Waals surface area contributed by atoms with E-state index in [4.69, 9.17) is 21.3 Å². The minimum absolute atomic E-state index is 0.0552. The Balaban J connectivity index is 1.42. The van der Waals surface area contributed by atoms with Gasteiger partial charge in [-0.2, -0.15) is 5.10 Å². The Bertz CT molecular complexity index is 1120. The van der Waals surface area contributed by atoms with Crippen LogP contribution in [0.2, 0.25) is 5.02 Å². The van der Waals surface area contributed by atoms with Crippen molar-refractivity contribution >= 4 is 28.5 Å². The molecule has 8 heteroatoms. The summed E-state index contributed by atoms with van der Waals surface area (Å²) in [6.07, 6.45) is 1.78. The van der Waals surface area contributed by atoms with Crippen LogP contribution in [0.25, 0.3) is 11.0 Å². The number of carbonyl (C=O) groups is 1. The van der Waals surface area contributed by atoms with E-state index >= 15 is 0 Å². The van der Waals surface area contributed by atoms with Gasteiger partial charge in [0.05, 0.1) is 22.2 Å². The lowest BCUT2D eigenvalue weighted by Crippen LogP contribution is -2.49. The molecule has 1 aliphatic rings. The van der Waals surface area contributed by atoms with Crippen molar-refractivity contribution in [1.82, 2.24) is 24.6 Å². The van der Waals surface area contributed by atoms with Gasteiger partial charge in [0.1, 0.15) is 12.4 Å². The molecule has 3 aromatic rings. The molecule has 0 radical (unpaired) electrons. The number of amides is 1. The Hall–Kier alpha value is -2.64. The van der Waals surface area contributed by atoms with Gasteiger partial charge in [-0.15, -0.1) is 0 Å². The third-order valence-electron chi connectivity index (χ3n) is 6.06. The first-order valence-electron chi connectivity index (χ1n) is 11.6. The Labute approximate surface area is 200 Å². The van der Waals surface area contributed by atoms with Gasteiger partial charge in [0, 0.05) is 44.5 Å². The van der Waals surface area contributed by atoms with Crippen LogP contribution >= 0.6 is 11.6 Å². The zero-order valence-corrected chi connectivity index (χ0v) is 20.5. The molecule has 1 aliphatic heterocycles. The minimum atomic E-state index is 0.0552. The summed E-state index contributed by atoms with van der Waals surface area (Å²) in [4.78, 5) is 22.6. The summed E-state index contributed by atoms with van der Waals surface area (Å²) in [5.74, 6) is 0.989. The monoisotopic (exact) mass is 469 g/mol. The molecular weight excluding hydrogens is 438 g/mol. The van der Waals surface area contributed by atoms with E-state index in [1.165, 1.54) is 0 Å². The van der Waals surface area contributed by atoms with Crippen molar-refractivity contribution < 1.29 is 9.53 Å². The average Bonchev–Trinajstić information content (AvgIpc) is 3.24. The second-order valence-electron chi connectivity index (χ2n) is 9.08. The van der Waals surface area contributed by atoms with Gasteiger partial charge in [0.2, 0.25) is 0 Å². The molecule has 176 valence electrons. The molecular formula is C25H32ClN5O2. The van der Waals surface area contributed by atoms with E-state index in [-0.39, 0.29) is 17.9 Å². The number of piperazine rings is 1. The second kappa shape index (κ2) is 10.1. The van der Waals surface area contributed by atoms with Crippen LogP contribution in [0.4, 0.5) is 0 Å². The lowest BCUT2D eigenvalue weighted by Gasteiger charge is -2.34. The van der Waals surface area contributed by atoms with Crippen LogP contribution in [-0.2, 0) is 0 Å². The number of ether oxygens (including phenoxy) is 1. The maximum atomic E-state index is 13.5. The molecule has 0 N–H and O–H groups in total. The first-order chi connectivity index (χ1) is 15.8. The number of pyridine rings is 1. The number of fused-ring (bicyclic) bond motifs is 1. The smallest absolute Gasteiger partial charge is 0.254 e. The molecule has 0 atom stereocenters. The number of halogens is 1. The van der Waals surface area contributed by atoms with E-state index in [9.17, 15) is 4.79 Å². The quantitative estimate of drug-likeness (QED) is 0.505. The highest BCUT2D eigenvalue weighted by molar-refractivity contribution is 6.32. The molecule has 33 heavy (non-hydrogen) atoms. The van der Waals surface area contributed by atoms with Gasteiger partial charge in [0.25, 0.3) is 5.91 Å². The van der Waals surface area contributed by atoms with E-state index in [1.807, 2.05) is 39.9 Å². The van der Waals surface area contributed by atoms with Crippen LogP contribution in [0.15, 0.2) is 36.5 Å². The first-order valence-corrected chi connectivity index (χ1v) is 12.0. The number of carbonyl (C=O) groups excluding carboxylic acids is 1. The summed E-state index contributed by atoms with van der Waals surface area (Å²) in [5, 5.41) is 5.96. The Kier molecular flexibility index (Phi) is 7.20. The normalized spacial score (nSPS) is 15.1. The molecule has 4 rings (SSSR count). The SMILES string of the molecule is CC(C)c1cc(C(=O)N2CCN(CCOc3ccccc3Cl)CC2)c2cnn(C(C)C)c2n1. The van der Waals surface area contributed by atoms with E-state index in [0.717, 1.165) is 36.4 Å². The molecule has 1 aromatic carbocycles. The lowest BCUT2D eigenvalue weighted by molar-refractivity contribution is 0.0622. The number of para-hydroxylation sites is 1. The van der Waals surface area contributed by atoms with Crippen LogP contribution in [0.5, 0.6) is 5.75 Å². The van der Waals surface area contributed by atoms with Crippen molar-refractivity contribution in [3.05, 3.63) is 52.8 Å². The van der Waals surface area contributed by atoms with Crippen LogP contribution in [0.3, 0.4) is 0 Å². The molecule has 0 bridgehead atoms. The van der Waals surface area contributed by atoms with Gasteiger partial charge < -0.3 is 9.64 Å². The van der Waals surface area contributed by atoms with Crippen LogP contribution in [0.1, 0.15) is 55.7 Å². The van der Waals surface area contributed by atoms with Gasteiger partial charge in [-0.3, -0.25) is 9.69 Å². The zero-order valence-electron chi connectivity index (χ0n) is 19.8. The lowest BCUT2D eigenvalue weighted by atomic mass is 10.0. The number of aromatic nitrogens is 3. The maximum absolute atomic E-state index is 13.5. The van der Waals surface area contributed by atoms with Crippen LogP contribution in [0, 0.1) is 0 Å². The average molecular weight is 470 g/mol. The van der Waals surface area contributed by atoms with Crippen molar-refractivity contribution in [2.75, 3.05) is 39.3 Å². The third kappa shape index (κ3) is 5.14. The van der Waals surface area contributed by atoms with Gasteiger partial charge in [0.15, 0.2) is 5.65 Å². The minimum Gasteiger partial charge on any atom is -0.491 e. The van der Waals surface area contributed by atoms with Crippen LogP contribution in [-0.4, -0.2) is 69.8 Å². The van der Waals surface area contributed by atoms with E-state index in [1.54, 1.807) is 6.20 Å². The Morgan fingerprint density at radius 2 is 1.85 bits per heavy atom. The molecule has 2 aromatic heterocycles. The van der Waals surface area contributed by atoms with Crippen molar-refractivity contribution in [2.24, 2.45) is 0 Å². The standard InChI is InChI=1S/C25H32ClN5O2/c1-17(2)22-15-19(20-16-27-31(18(3)4)24(20)28-22)25(32)30-11-9-29(10-12-30)13-14-33-23-8-6-5-7-21(23)26/h5-8,15-18H,9-14H2,1-4H3.